The molecule has 0 N–H and O–H groups in total. The van der Waals surface area contributed by atoms with Crippen LogP contribution in [-0.2, 0) is 16.6 Å². The Kier molecular flexibility index (Phi) is 4.43. The number of anilines is 2. The number of fused-ring (bicyclic) bond motifs is 1. The fourth-order valence-corrected chi connectivity index (χ4v) is 5.05. The lowest BCUT2D eigenvalue weighted by Crippen LogP contribution is -2.50. The lowest BCUT2D eigenvalue weighted by Gasteiger charge is -2.36. The topological polar surface area (TPSA) is 57.7 Å². The van der Waals surface area contributed by atoms with Gasteiger partial charge in [0.1, 0.15) is 4.90 Å². The van der Waals surface area contributed by atoms with E-state index in [0.717, 1.165) is 21.0 Å². The number of hydrogen-bond acceptors (Lipinski definition) is 3. The number of carbonyl (C=O) groups is 1. The minimum absolute atomic E-state index is 0.128. The molecule has 3 aromatic rings. The summed E-state index contributed by atoms with van der Waals surface area (Å²) in [5.74, 6) is 0. The van der Waals surface area contributed by atoms with Crippen molar-refractivity contribution in [1.82, 2.24) is 0 Å². The van der Waals surface area contributed by atoms with Crippen LogP contribution in [0.2, 0.25) is 0 Å². The highest BCUT2D eigenvalue weighted by atomic mass is 32.2. The predicted octanol–water partition coefficient (Wildman–Crippen LogP) is 4.64. The molecular weight excluding hydrogens is 372 g/mol. The van der Waals surface area contributed by atoms with Gasteiger partial charge in [-0.1, -0.05) is 54.1 Å². The van der Waals surface area contributed by atoms with Crippen molar-refractivity contribution >= 4 is 27.4 Å². The second kappa shape index (κ2) is 6.80. The maximum atomic E-state index is 13.4. The predicted molar refractivity (Wildman–Crippen MR) is 110 cm³/mol. The number of urea groups is 1. The quantitative estimate of drug-likeness (QED) is 0.652. The highest BCUT2D eigenvalue weighted by Gasteiger charge is 2.42. The molecule has 5 nitrogen and oxygen atoms in total. The first-order chi connectivity index (χ1) is 13.4. The number of rotatable bonds is 3. The molecule has 1 aliphatic heterocycles. The van der Waals surface area contributed by atoms with E-state index in [2.05, 4.69) is 0 Å². The van der Waals surface area contributed by atoms with E-state index in [-0.39, 0.29) is 11.4 Å². The van der Waals surface area contributed by atoms with Gasteiger partial charge in [-0.15, -0.1) is 0 Å². The van der Waals surface area contributed by atoms with Crippen molar-refractivity contribution in [2.75, 3.05) is 9.21 Å². The number of sulfonamides is 1. The van der Waals surface area contributed by atoms with Crippen LogP contribution in [0.1, 0.15) is 16.7 Å². The van der Waals surface area contributed by atoms with E-state index in [4.69, 9.17) is 0 Å². The van der Waals surface area contributed by atoms with Crippen LogP contribution in [0.4, 0.5) is 16.2 Å². The number of amides is 2. The van der Waals surface area contributed by atoms with E-state index < -0.39 is 16.1 Å². The third-order valence-corrected chi connectivity index (χ3v) is 6.49. The summed E-state index contributed by atoms with van der Waals surface area (Å²) < 4.78 is 27.4. The van der Waals surface area contributed by atoms with Crippen molar-refractivity contribution in [2.45, 2.75) is 25.3 Å². The number of carbonyl (C=O) groups excluding carboxylic acids is 1. The molecule has 4 rings (SSSR count). The Labute approximate surface area is 164 Å². The molecule has 142 valence electrons. The lowest BCUT2D eigenvalue weighted by atomic mass is 10.1. The minimum atomic E-state index is -3.99. The van der Waals surface area contributed by atoms with Crippen LogP contribution in [0.5, 0.6) is 0 Å². The van der Waals surface area contributed by atoms with Crippen LogP contribution in [0.15, 0.2) is 77.7 Å². The van der Waals surface area contributed by atoms with Gasteiger partial charge in [0.05, 0.1) is 17.9 Å². The second-order valence-electron chi connectivity index (χ2n) is 6.93. The van der Waals surface area contributed by atoms with Gasteiger partial charge in [-0.3, -0.25) is 4.90 Å². The molecule has 0 spiro atoms. The minimum Gasteiger partial charge on any atom is -0.287 e. The third kappa shape index (κ3) is 3.05. The summed E-state index contributed by atoms with van der Waals surface area (Å²) in [7, 11) is -3.99. The molecule has 1 aliphatic rings. The SMILES string of the molecule is Cc1cccc(CN2C(=O)N(c3cccc(C)c3)S(=O)(=O)c3ccccc32)c1. The zero-order chi connectivity index (χ0) is 19.9. The molecule has 6 heteroatoms. The fraction of sp³-hybridized carbons (Fsp3) is 0.136. The first kappa shape index (κ1) is 18.3. The molecular formula is C22H20N2O3S. The standard InChI is InChI=1S/C22H20N2O3S/c1-16-7-5-9-18(13-16)15-23-20-11-3-4-12-21(20)28(26,27)24(22(23)25)19-10-6-8-17(2)14-19/h3-14H,15H2,1-2H3. The van der Waals surface area contributed by atoms with Crippen LogP contribution in [0, 0.1) is 13.8 Å². The highest BCUT2D eigenvalue weighted by molar-refractivity contribution is 7.94. The molecule has 2 amide bonds. The van der Waals surface area contributed by atoms with Crippen molar-refractivity contribution < 1.29 is 13.2 Å². The largest absolute Gasteiger partial charge is 0.343 e. The first-order valence-corrected chi connectivity index (χ1v) is 10.4. The summed E-state index contributed by atoms with van der Waals surface area (Å²) in [6.45, 7) is 4.14. The smallest absolute Gasteiger partial charge is 0.287 e. The van der Waals surface area contributed by atoms with Gasteiger partial charge in [-0.25, -0.2) is 13.2 Å². The molecule has 0 fully saturated rings. The highest BCUT2D eigenvalue weighted by Crippen LogP contribution is 2.38. The average molecular weight is 392 g/mol. The Morgan fingerprint density at radius 2 is 1.50 bits per heavy atom. The molecule has 0 aliphatic carbocycles. The monoisotopic (exact) mass is 392 g/mol. The van der Waals surface area contributed by atoms with E-state index in [1.807, 2.05) is 44.2 Å². The van der Waals surface area contributed by atoms with E-state index >= 15 is 0 Å². The van der Waals surface area contributed by atoms with Crippen molar-refractivity contribution in [1.29, 1.82) is 0 Å². The number of para-hydroxylation sites is 1. The summed E-state index contributed by atoms with van der Waals surface area (Å²) in [6.07, 6.45) is 0. The zero-order valence-electron chi connectivity index (χ0n) is 15.7. The maximum Gasteiger partial charge on any atom is 0.343 e. The van der Waals surface area contributed by atoms with Gasteiger partial charge >= 0.3 is 6.03 Å². The molecule has 28 heavy (non-hydrogen) atoms. The van der Waals surface area contributed by atoms with Crippen molar-refractivity contribution in [3.05, 3.63) is 89.5 Å². The fourth-order valence-electron chi connectivity index (χ4n) is 3.46. The summed E-state index contributed by atoms with van der Waals surface area (Å²) in [4.78, 5) is 15.0. The van der Waals surface area contributed by atoms with Crippen molar-refractivity contribution in [3.8, 4) is 0 Å². The molecule has 0 atom stereocenters. The molecule has 1 heterocycles. The van der Waals surface area contributed by atoms with Crippen LogP contribution in [-0.4, -0.2) is 14.4 Å². The van der Waals surface area contributed by atoms with Gasteiger partial charge in [-0.2, -0.15) is 4.31 Å². The summed E-state index contributed by atoms with van der Waals surface area (Å²) in [5, 5.41) is 0. The Balaban J connectivity index is 1.88. The second-order valence-corrected chi connectivity index (χ2v) is 8.69. The van der Waals surface area contributed by atoms with Gasteiger partial charge in [-0.05, 0) is 49.2 Å². The Hall–Kier alpha value is -3.12. The van der Waals surface area contributed by atoms with E-state index in [1.54, 1.807) is 42.5 Å². The van der Waals surface area contributed by atoms with Gasteiger partial charge in [0.15, 0.2) is 0 Å². The normalized spacial score (nSPS) is 15.4. The van der Waals surface area contributed by atoms with Gasteiger partial charge in [0.2, 0.25) is 0 Å². The first-order valence-electron chi connectivity index (χ1n) is 8.96. The summed E-state index contributed by atoms with van der Waals surface area (Å²) >= 11 is 0. The van der Waals surface area contributed by atoms with Gasteiger partial charge in [0.25, 0.3) is 10.0 Å². The molecule has 0 saturated carbocycles. The summed E-state index contributed by atoms with van der Waals surface area (Å²) in [5.41, 5.74) is 3.64. The van der Waals surface area contributed by atoms with Crippen LogP contribution in [0.25, 0.3) is 0 Å². The van der Waals surface area contributed by atoms with Crippen LogP contribution in [0.3, 0.4) is 0 Å². The van der Waals surface area contributed by atoms with Gasteiger partial charge < -0.3 is 0 Å². The number of nitrogens with zero attached hydrogens (tertiary/aromatic N) is 2. The molecule has 0 saturated heterocycles. The van der Waals surface area contributed by atoms with Crippen molar-refractivity contribution in [2.24, 2.45) is 0 Å². The van der Waals surface area contributed by atoms with E-state index in [9.17, 15) is 13.2 Å². The van der Waals surface area contributed by atoms with E-state index in [0.29, 0.717) is 11.4 Å². The Morgan fingerprint density at radius 1 is 0.821 bits per heavy atom. The molecule has 0 aromatic heterocycles. The van der Waals surface area contributed by atoms with Crippen LogP contribution < -0.4 is 9.21 Å². The zero-order valence-corrected chi connectivity index (χ0v) is 16.5. The van der Waals surface area contributed by atoms with E-state index in [1.165, 1.54) is 4.90 Å². The van der Waals surface area contributed by atoms with Crippen molar-refractivity contribution in [3.63, 3.8) is 0 Å². The lowest BCUT2D eigenvalue weighted by molar-refractivity contribution is 0.253. The number of aryl methyl sites for hydroxylation is 2. The van der Waals surface area contributed by atoms with Crippen LogP contribution >= 0.6 is 0 Å². The average Bonchev–Trinajstić information content (AvgIpc) is 2.65. The molecule has 3 aromatic carbocycles. The molecule has 0 unspecified atom stereocenters. The number of benzene rings is 3. The Bertz CT molecular complexity index is 1170. The molecule has 0 radical (unpaired) electrons. The summed E-state index contributed by atoms with van der Waals surface area (Å²) in [6, 6.07) is 20.9. The number of hydrogen-bond donors (Lipinski definition) is 0. The van der Waals surface area contributed by atoms with Gasteiger partial charge in [0, 0.05) is 0 Å². The third-order valence-electron chi connectivity index (χ3n) is 4.74. The maximum absolute atomic E-state index is 13.4. The Morgan fingerprint density at radius 3 is 2.21 bits per heavy atom. The molecule has 0 bridgehead atoms.